The number of fused-ring (bicyclic) bond motifs is 1. The van der Waals surface area contributed by atoms with Crippen molar-refractivity contribution in [3.8, 4) is 0 Å². The van der Waals surface area contributed by atoms with Crippen molar-refractivity contribution >= 4 is 26.8 Å². The Bertz CT molecular complexity index is 1270. The molecule has 0 bridgehead atoms. The first-order valence-corrected chi connectivity index (χ1v) is 12.3. The number of aromatic nitrogens is 1. The maximum Gasteiger partial charge on any atom is 0.248 e. The van der Waals surface area contributed by atoms with Crippen molar-refractivity contribution in [1.29, 1.82) is 0 Å². The third-order valence-electron chi connectivity index (χ3n) is 5.98. The van der Waals surface area contributed by atoms with E-state index in [2.05, 4.69) is 4.98 Å². The van der Waals surface area contributed by atoms with Crippen molar-refractivity contribution in [1.82, 2.24) is 14.2 Å². The summed E-state index contributed by atoms with van der Waals surface area (Å²) in [4.78, 5) is 29.4. The van der Waals surface area contributed by atoms with Gasteiger partial charge in [-0.3, -0.25) is 9.59 Å². The van der Waals surface area contributed by atoms with Gasteiger partial charge in [-0.25, -0.2) is 8.42 Å². The number of hydrogen-bond acceptors (Lipinski definition) is 4. The molecule has 1 unspecified atom stereocenters. The molecule has 0 radical (unpaired) electrons. The summed E-state index contributed by atoms with van der Waals surface area (Å²) < 4.78 is 28.1. The van der Waals surface area contributed by atoms with Gasteiger partial charge >= 0.3 is 0 Å². The number of pyridine rings is 1. The predicted octanol–water partition coefficient (Wildman–Crippen LogP) is 2.98. The molecule has 1 fully saturated rings. The number of carbonyl (C=O) groups is 1. The van der Waals surface area contributed by atoms with E-state index in [1.807, 2.05) is 37.3 Å². The van der Waals surface area contributed by atoms with Crippen LogP contribution in [0.15, 0.2) is 70.4 Å². The van der Waals surface area contributed by atoms with Crippen LogP contribution in [0, 0.1) is 5.92 Å². The van der Waals surface area contributed by atoms with Crippen LogP contribution in [0.25, 0.3) is 10.9 Å². The van der Waals surface area contributed by atoms with Crippen LogP contribution in [-0.2, 0) is 21.4 Å². The van der Waals surface area contributed by atoms with Crippen molar-refractivity contribution in [3.05, 3.63) is 76.6 Å². The second-order valence-corrected chi connectivity index (χ2v) is 10.0. The van der Waals surface area contributed by atoms with E-state index >= 15 is 0 Å². The van der Waals surface area contributed by atoms with Crippen LogP contribution in [0.4, 0.5) is 0 Å². The zero-order valence-corrected chi connectivity index (χ0v) is 18.8. The Morgan fingerprint density at radius 2 is 1.91 bits per heavy atom. The molecule has 1 saturated heterocycles. The molecule has 1 aromatic heterocycles. The molecule has 32 heavy (non-hydrogen) atoms. The summed E-state index contributed by atoms with van der Waals surface area (Å²) in [6.45, 7) is 3.59. The molecule has 4 rings (SSSR count). The first-order valence-electron chi connectivity index (χ1n) is 10.8. The number of nitrogens with zero attached hydrogens (tertiary/aromatic N) is 2. The number of aromatic amines is 1. The monoisotopic (exact) mass is 453 g/mol. The molecule has 0 saturated carbocycles. The highest BCUT2D eigenvalue weighted by Crippen LogP contribution is 2.27. The van der Waals surface area contributed by atoms with Gasteiger partial charge in [0, 0.05) is 37.8 Å². The van der Waals surface area contributed by atoms with Crippen LogP contribution >= 0.6 is 0 Å². The highest BCUT2D eigenvalue weighted by Gasteiger charge is 2.35. The lowest BCUT2D eigenvalue weighted by Crippen LogP contribution is -2.46. The molecule has 8 heteroatoms. The molecule has 1 amide bonds. The standard InChI is InChI=1S/C24H27N3O4S/c1-2-26(16-18-7-4-3-5-8-18)24(29)20-9-6-14-27(17-20)32(30,31)21-11-12-22-19(15-21)10-13-23(28)25-22/h3-5,7-8,10-13,15,20H,2,6,9,14,16-17H2,1H3,(H,25,28). The fraction of sp³-hybridized carbons (Fsp3) is 0.333. The quantitative estimate of drug-likeness (QED) is 0.621. The zero-order valence-electron chi connectivity index (χ0n) is 18.0. The average Bonchev–Trinajstić information content (AvgIpc) is 2.82. The number of benzene rings is 2. The average molecular weight is 454 g/mol. The molecule has 1 N–H and O–H groups in total. The molecule has 1 aliphatic heterocycles. The number of hydrogen-bond donors (Lipinski definition) is 1. The van der Waals surface area contributed by atoms with Crippen LogP contribution in [0.2, 0.25) is 0 Å². The Kier molecular flexibility index (Phi) is 6.43. The minimum Gasteiger partial charge on any atom is -0.338 e. The van der Waals surface area contributed by atoms with Gasteiger partial charge < -0.3 is 9.88 Å². The summed E-state index contributed by atoms with van der Waals surface area (Å²) in [6, 6.07) is 17.5. The van der Waals surface area contributed by atoms with Gasteiger partial charge in [-0.1, -0.05) is 30.3 Å². The zero-order chi connectivity index (χ0) is 22.7. The van der Waals surface area contributed by atoms with E-state index in [0.717, 1.165) is 5.56 Å². The van der Waals surface area contributed by atoms with Crippen molar-refractivity contribution in [2.75, 3.05) is 19.6 Å². The SMILES string of the molecule is CCN(Cc1ccccc1)C(=O)C1CCCN(S(=O)(=O)c2ccc3[nH]c(=O)ccc3c2)C1. The molecular formula is C24H27N3O4S. The van der Waals surface area contributed by atoms with Gasteiger partial charge in [0.15, 0.2) is 0 Å². The highest BCUT2D eigenvalue weighted by atomic mass is 32.2. The summed E-state index contributed by atoms with van der Waals surface area (Å²) in [5, 5.41) is 0.648. The lowest BCUT2D eigenvalue weighted by molar-refractivity contribution is -0.137. The Morgan fingerprint density at radius 1 is 1.12 bits per heavy atom. The summed E-state index contributed by atoms with van der Waals surface area (Å²) in [6.07, 6.45) is 1.31. The summed E-state index contributed by atoms with van der Waals surface area (Å²) in [7, 11) is -3.75. The van der Waals surface area contributed by atoms with E-state index in [1.54, 1.807) is 23.1 Å². The highest BCUT2D eigenvalue weighted by molar-refractivity contribution is 7.89. The van der Waals surface area contributed by atoms with Crippen LogP contribution in [-0.4, -0.2) is 48.1 Å². The van der Waals surface area contributed by atoms with Gasteiger partial charge in [-0.15, -0.1) is 0 Å². The molecule has 2 heterocycles. The Balaban J connectivity index is 1.53. The number of rotatable bonds is 6. The minimum atomic E-state index is -3.75. The third-order valence-corrected chi connectivity index (χ3v) is 7.84. The van der Waals surface area contributed by atoms with Crippen molar-refractivity contribution in [3.63, 3.8) is 0 Å². The molecule has 1 atom stereocenters. The maximum atomic E-state index is 13.3. The molecule has 2 aromatic carbocycles. The number of H-pyrrole nitrogens is 1. The Morgan fingerprint density at radius 3 is 2.66 bits per heavy atom. The summed E-state index contributed by atoms with van der Waals surface area (Å²) in [5.41, 5.74) is 1.40. The molecule has 1 aliphatic rings. The third kappa shape index (κ3) is 4.61. The lowest BCUT2D eigenvalue weighted by Gasteiger charge is -2.34. The Hall–Kier alpha value is -2.97. The lowest BCUT2D eigenvalue weighted by atomic mass is 9.98. The van der Waals surface area contributed by atoms with E-state index in [9.17, 15) is 18.0 Å². The topological polar surface area (TPSA) is 90.6 Å². The Labute approximate surface area is 187 Å². The predicted molar refractivity (Wildman–Crippen MR) is 124 cm³/mol. The van der Waals surface area contributed by atoms with E-state index in [0.29, 0.717) is 43.4 Å². The summed E-state index contributed by atoms with van der Waals surface area (Å²) >= 11 is 0. The van der Waals surface area contributed by atoms with Crippen LogP contribution in [0.1, 0.15) is 25.3 Å². The number of piperidine rings is 1. The van der Waals surface area contributed by atoms with E-state index in [1.165, 1.54) is 16.4 Å². The van der Waals surface area contributed by atoms with Crippen LogP contribution in [0.5, 0.6) is 0 Å². The molecule has 168 valence electrons. The molecular weight excluding hydrogens is 426 g/mol. The maximum absolute atomic E-state index is 13.3. The fourth-order valence-electron chi connectivity index (χ4n) is 4.21. The van der Waals surface area contributed by atoms with Crippen molar-refractivity contribution in [2.24, 2.45) is 5.92 Å². The second-order valence-electron chi connectivity index (χ2n) is 8.11. The number of amides is 1. The normalized spacial score (nSPS) is 17.3. The van der Waals surface area contributed by atoms with Crippen LogP contribution in [0.3, 0.4) is 0 Å². The first-order chi connectivity index (χ1) is 15.4. The van der Waals surface area contributed by atoms with E-state index < -0.39 is 10.0 Å². The fourth-order valence-corrected chi connectivity index (χ4v) is 5.77. The van der Waals surface area contributed by atoms with E-state index in [-0.39, 0.29) is 28.8 Å². The van der Waals surface area contributed by atoms with Gasteiger partial charge in [-0.05, 0) is 55.0 Å². The van der Waals surface area contributed by atoms with Gasteiger partial charge in [0.1, 0.15) is 0 Å². The largest absolute Gasteiger partial charge is 0.338 e. The van der Waals surface area contributed by atoms with Gasteiger partial charge in [0.05, 0.1) is 10.8 Å². The molecule has 7 nitrogen and oxygen atoms in total. The molecule has 0 aliphatic carbocycles. The summed E-state index contributed by atoms with van der Waals surface area (Å²) in [5.74, 6) is -0.369. The minimum absolute atomic E-state index is 0.00709. The number of sulfonamides is 1. The number of nitrogens with one attached hydrogen (secondary N) is 1. The van der Waals surface area contributed by atoms with Crippen LogP contribution < -0.4 is 5.56 Å². The first kappa shape index (κ1) is 22.2. The second kappa shape index (κ2) is 9.26. The van der Waals surface area contributed by atoms with Crippen molar-refractivity contribution < 1.29 is 13.2 Å². The van der Waals surface area contributed by atoms with Gasteiger partial charge in [0.25, 0.3) is 0 Å². The molecule has 0 spiro atoms. The van der Waals surface area contributed by atoms with Gasteiger partial charge in [-0.2, -0.15) is 4.31 Å². The number of carbonyl (C=O) groups excluding carboxylic acids is 1. The van der Waals surface area contributed by atoms with Crippen molar-refractivity contribution in [2.45, 2.75) is 31.2 Å². The van der Waals surface area contributed by atoms with E-state index in [4.69, 9.17) is 0 Å². The molecule has 3 aromatic rings. The smallest absolute Gasteiger partial charge is 0.248 e. The van der Waals surface area contributed by atoms with Gasteiger partial charge in [0.2, 0.25) is 21.5 Å².